The number of nitrogens with zero attached hydrogens (tertiary/aromatic N) is 1. The van der Waals surface area contributed by atoms with Crippen LogP contribution in [0.5, 0.6) is 0 Å². The van der Waals surface area contributed by atoms with E-state index in [9.17, 15) is 24.2 Å². The zero-order valence-corrected chi connectivity index (χ0v) is 15.2. The highest BCUT2D eigenvalue weighted by atomic mass is 35.5. The summed E-state index contributed by atoms with van der Waals surface area (Å²) in [6.07, 6.45) is 1.44. The largest absolute Gasteiger partial charge is 0.477 e. The van der Waals surface area contributed by atoms with Crippen molar-refractivity contribution in [1.82, 2.24) is 4.57 Å². The van der Waals surface area contributed by atoms with Crippen LogP contribution in [-0.4, -0.2) is 27.4 Å². The molecule has 3 aromatic rings. The minimum absolute atomic E-state index is 0.0144. The smallest absolute Gasteiger partial charge is 0.341 e. The first-order valence-electron chi connectivity index (χ1n) is 8.28. The van der Waals surface area contributed by atoms with Crippen molar-refractivity contribution in [2.75, 3.05) is 6.61 Å². The number of hydrogen-bond acceptors (Lipinski definition) is 3. The molecule has 0 fully saturated rings. The van der Waals surface area contributed by atoms with Crippen LogP contribution in [-0.2, 0) is 6.42 Å². The number of rotatable bonds is 5. The van der Waals surface area contributed by atoms with Crippen LogP contribution in [0.3, 0.4) is 0 Å². The maximum Gasteiger partial charge on any atom is 0.341 e. The van der Waals surface area contributed by atoms with E-state index in [4.69, 9.17) is 11.6 Å². The van der Waals surface area contributed by atoms with Gasteiger partial charge in [-0.2, -0.15) is 0 Å². The summed E-state index contributed by atoms with van der Waals surface area (Å²) in [7, 11) is 0. The number of carbonyl (C=O) groups is 1. The third-order valence-electron chi connectivity index (χ3n) is 4.49. The van der Waals surface area contributed by atoms with E-state index in [1.165, 1.54) is 12.3 Å². The minimum Gasteiger partial charge on any atom is -0.477 e. The molecule has 1 heterocycles. The van der Waals surface area contributed by atoms with Gasteiger partial charge in [0, 0.05) is 18.0 Å². The lowest BCUT2D eigenvalue weighted by Crippen LogP contribution is -2.21. The first-order valence-corrected chi connectivity index (χ1v) is 8.66. The lowest BCUT2D eigenvalue weighted by molar-refractivity contribution is 0.0694. The first kappa shape index (κ1) is 19.1. The summed E-state index contributed by atoms with van der Waals surface area (Å²) in [5.74, 6) is -1.86. The van der Waals surface area contributed by atoms with Gasteiger partial charge in [-0.1, -0.05) is 29.8 Å². The van der Waals surface area contributed by atoms with Gasteiger partial charge in [-0.25, -0.2) is 9.18 Å². The van der Waals surface area contributed by atoms with Crippen LogP contribution in [0, 0.1) is 5.82 Å². The van der Waals surface area contributed by atoms with Crippen molar-refractivity contribution in [3.8, 4) is 0 Å². The van der Waals surface area contributed by atoms with E-state index in [1.807, 2.05) is 0 Å². The van der Waals surface area contributed by atoms with Crippen LogP contribution in [0.1, 0.15) is 34.5 Å². The predicted octanol–water partition coefficient (Wildman–Crippen LogP) is 3.64. The summed E-state index contributed by atoms with van der Waals surface area (Å²) in [4.78, 5) is 24.1. The molecule has 1 aromatic heterocycles. The Kier molecular flexibility index (Phi) is 5.30. The molecule has 2 N–H and O–H groups in total. The second kappa shape index (κ2) is 7.50. The molecular formula is C20H17ClFNO4. The summed E-state index contributed by atoms with van der Waals surface area (Å²) >= 11 is 5.81. The lowest BCUT2D eigenvalue weighted by Gasteiger charge is -2.18. The molecule has 0 bridgehead atoms. The molecule has 0 spiro atoms. The van der Waals surface area contributed by atoms with Crippen molar-refractivity contribution in [3.63, 3.8) is 0 Å². The number of halogens is 2. The third-order valence-corrected chi connectivity index (χ3v) is 4.78. The molecule has 0 amide bonds. The van der Waals surface area contributed by atoms with Gasteiger partial charge in [-0.05, 0) is 36.2 Å². The lowest BCUT2D eigenvalue weighted by atomic mass is 10.0. The molecule has 2 aromatic carbocycles. The maximum atomic E-state index is 14.2. The van der Waals surface area contributed by atoms with E-state index in [1.54, 1.807) is 41.8 Å². The van der Waals surface area contributed by atoms with Gasteiger partial charge in [-0.15, -0.1) is 0 Å². The second-order valence-corrected chi connectivity index (χ2v) is 6.76. The molecule has 0 aliphatic rings. The van der Waals surface area contributed by atoms with Gasteiger partial charge in [-0.3, -0.25) is 4.79 Å². The Bertz CT molecular complexity index is 1090. The maximum absolute atomic E-state index is 14.2. The molecule has 1 atom stereocenters. The molecule has 0 aliphatic heterocycles. The SMILES string of the molecule is C[C@H](CO)n1cc(C(=O)O)c(=O)c2cc(Cc3cccc(Cl)c3F)ccc21. The van der Waals surface area contributed by atoms with Crippen LogP contribution in [0.25, 0.3) is 10.9 Å². The number of pyridine rings is 1. The first-order chi connectivity index (χ1) is 12.8. The Morgan fingerprint density at radius 3 is 2.70 bits per heavy atom. The number of aliphatic hydroxyl groups excluding tert-OH is 1. The average Bonchev–Trinajstić information content (AvgIpc) is 2.65. The Morgan fingerprint density at radius 1 is 1.30 bits per heavy atom. The van der Waals surface area contributed by atoms with Crippen LogP contribution in [0.4, 0.5) is 4.39 Å². The predicted molar refractivity (Wildman–Crippen MR) is 101 cm³/mol. The second-order valence-electron chi connectivity index (χ2n) is 6.36. The molecule has 0 unspecified atom stereocenters. The Morgan fingerprint density at radius 2 is 2.04 bits per heavy atom. The molecule has 0 saturated carbocycles. The molecule has 140 valence electrons. The number of carboxylic acids is 1. The standard InChI is InChI=1S/C20H17ClFNO4/c1-11(10-24)23-9-15(20(26)27)19(25)14-8-12(5-6-17(14)23)7-13-3-2-4-16(21)18(13)22/h2-6,8-9,11,24H,7,10H2,1H3,(H,26,27)/t11-/m1/s1. The Hall–Kier alpha value is -2.70. The van der Waals surface area contributed by atoms with Crippen molar-refractivity contribution in [3.05, 3.63) is 80.3 Å². The molecular weight excluding hydrogens is 373 g/mol. The topological polar surface area (TPSA) is 79.5 Å². The summed E-state index contributed by atoms with van der Waals surface area (Å²) in [5, 5.41) is 19.0. The van der Waals surface area contributed by atoms with Crippen molar-refractivity contribution < 1.29 is 19.4 Å². The molecule has 0 radical (unpaired) electrons. The molecule has 7 heteroatoms. The summed E-state index contributed by atoms with van der Waals surface area (Å²) < 4.78 is 15.7. The Balaban J connectivity index is 2.19. The van der Waals surface area contributed by atoms with E-state index in [2.05, 4.69) is 0 Å². The number of benzene rings is 2. The van der Waals surface area contributed by atoms with E-state index < -0.39 is 23.3 Å². The molecule has 0 saturated heterocycles. The van der Waals surface area contributed by atoms with Crippen molar-refractivity contribution in [2.45, 2.75) is 19.4 Å². The van der Waals surface area contributed by atoms with Gasteiger partial charge in [0.15, 0.2) is 0 Å². The monoisotopic (exact) mass is 389 g/mol. The van der Waals surface area contributed by atoms with Gasteiger partial charge < -0.3 is 14.8 Å². The van der Waals surface area contributed by atoms with E-state index >= 15 is 0 Å². The number of aliphatic hydroxyl groups is 1. The summed E-state index contributed by atoms with van der Waals surface area (Å²) in [5.41, 5.74) is 0.523. The number of carboxylic acid groups (broad SMARTS) is 1. The van der Waals surface area contributed by atoms with Crippen molar-refractivity contribution in [2.24, 2.45) is 0 Å². The van der Waals surface area contributed by atoms with Gasteiger partial charge in [0.2, 0.25) is 5.43 Å². The molecule has 27 heavy (non-hydrogen) atoms. The molecule has 3 rings (SSSR count). The zero-order chi connectivity index (χ0) is 19.7. The highest BCUT2D eigenvalue weighted by molar-refractivity contribution is 6.30. The van der Waals surface area contributed by atoms with Gasteiger partial charge in [0.05, 0.1) is 23.2 Å². The van der Waals surface area contributed by atoms with Crippen LogP contribution in [0.2, 0.25) is 5.02 Å². The number of fused-ring (bicyclic) bond motifs is 1. The van der Waals surface area contributed by atoms with Crippen LogP contribution in [0.15, 0.2) is 47.4 Å². The Labute approximate surface area is 159 Å². The molecule has 5 nitrogen and oxygen atoms in total. The summed E-state index contributed by atoms with van der Waals surface area (Å²) in [6, 6.07) is 9.25. The quantitative estimate of drug-likeness (QED) is 0.698. The van der Waals surface area contributed by atoms with Gasteiger partial charge in [0.25, 0.3) is 0 Å². The van der Waals surface area contributed by atoms with E-state index in [0.717, 1.165) is 0 Å². The highest BCUT2D eigenvalue weighted by Gasteiger charge is 2.17. The third kappa shape index (κ3) is 3.59. The highest BCUT2D eigenvalue weighted by Crippen LogP contribution is 2.23. The minimum atomic E-state index is -1.34. The summed E-state index contributed by atoms with van der Waals surface area (Å²) in [6.45, 7) is 1.50. The van der Waals surface area contributed by atoms with E-state index in [0.29, 0.717) is 16.6 Å². The molecule has 0 aliphatic carbocycles. The van der Waals surface area contributed by atoms with Crippen LogP contribution >= 0.6 is 11.6 Å². The van der Waals surface area contributed by atoms with Crippen molar-refractivity contribution >= 4 is 28.5 Å². The fraction of sp³-hybridized carbons (Fsp3) is 0.200. The van der Waals surface area contributed by atoms with E-state index in [-0.39, 0.29) is 29.0 Å². The number of aromatic nitrogens is 1. The zero-order valence-electron chi connectivity index (χ0n) is 14.4. The van der Waals surface area contributed by atoms with Crippen molar-refractivity contribution in [1.29, 1.82) is 0 Å². The fourth-order valence-corrected chi connectivity index (χ4v) is 3.22. The van der Waals surface area contributed by atoms with Gasteiger partial charge >= 0.3 is 5.97 Å². The number of hydrogen-bond donors (Lipinski definition) is 2. The average molecular weight is 390 g/mol. The van der Waals surface area contributed by atoms with Crippen LogP contribution < -0.4 is 5.43 Å². The fourth-order valence-electron chi connectivity index (χ4n) is 3.02. The number of aromatic carboxylic acids is 1. The van der Waals surface area contributed by atoms with Gasteiger partial charge in [0.1, 0.15) is 11.4 Å². The normalized spacial score (nSPS) is 12.3.